The van der Waals surface area contributed by atoms with Crippen molar-refractivity contribution in [3.8, 4) is 0 Å². The molecule has 1 aromatic heterocycles. The van der Waals surface area contributed by atoms with Gasteiger partial charge in [-0.25, -0.2) is 0 Å². The molecule has 4 heteroatoms. The second-order valence-corrected chi connectivity index (χ2v) is 5.40. The predicted molar refractivity (Wildman–Crippen MR) is 77.0 cm³/mol. The van der Waals surface area contributed by atoms with Crippen molar-refractivity contribution in [3.05, 3.63) is 60.4 Å². The minimum Gasteiger partial charge on any atom is -0.392 e. The predicted octanol–water partition coefficient (Wildman–Crippen LogP) is 2.66. The van der Waals surface area contributed by atoms with Gasteiger partial charge in [0, 0.05) is 29.5 Å². The molecule has 0 amide bonds. The molecule has 2 N–H and O–H groups in total. The molecule has 0 aliphatic heterocycles. The van der Waals surface area contributed by atoms with E-state index < -0.39 is 12.2 Å². The first kappa shape index (κ1) is 14.1. The van der Waals surface area contributed by atoms with Crippen molar-refractivity contribution < 1.29 is 10.2 Å². The van der Waals surface area contributed by atoms with Crippen LogP contribution in [-0.4, -0.2) is 27.1 Å². The van der Waals surface area contributed by atoms with Crippen LogP contribution in [0.5, 0.6) is 0 Å². The van der Waals surface area contributed by atoms with E-state index in [1.54, 1.807) is 24.2 Å². The molecule has 1 aromatic carbocycles. The molecule has 0 spiro atoms. The van der Waals surface area contributed by atoms with E-state index in [-0.39, 0.29) is 0 Å². The first-order valence-electron chi connectivity index (χ1n) is 6.19. The number of aromatic nitrogens is 1. The highest BCUT2D eigenvalue weighted by molar-refractivity contribution is 7.99. The number of aliphatic hydroxyl groups is 2. The van der Waals surface area contributed by atoms with Crippen molar-refractivity contribution in [2.75, 3.05) is 5.75 Å². The van der Waals surface area contributed by atoms with Gasteiger partial charge in [0.1, 0.15) is 0 Å². The van der Waals surface area contributed by atoms with Gasteiger partial charge in [0.25, 0.3) is 0 Å². The monoisotopic (exact) mass is 275 g/mol. The highest BCUT2D eigenvalue weighted by Gasteiger charge is 2.13. The number of rotatable bonds is 6. The molecule has 2 aromatic rings. The van der Waals surface area contributed by atoms with Crippen LogP contribution in [0.15, 0.2) is 59.8 Å². The summed E-state index contributed by atoms with van der Waals surface area (Å²) in [7, 11) is 0. The molecule has 0 saturated heterocycles. The summed E-state index contributed by atoms with van der Waals surface area (Å²) < 4.78 is 0. The van der Waals surface area contributed by atoms with Crippen molar-refractivity contribution in [1.29, 1.82) is 0 Å². The molecular weight excluding hydrogens is 258 g/mol. The number of nitrogens with zero attached hydrogens (tertiary/aromatic N) is 1. The zero-order chi connectivity index (χ0) is 13.5. The lowest BCUT2D eigenvalue weighted by atomic mass is 10.0. The second kappa shape index (κ2) is 7.28. The lowest BCUT2D eigenvalue weighted by molar-refractivity contribution is 0.0931. The van der Waals surface area contributed by atoms with Crippen molar-refractivity contribution in [1.82, 2.24) is 4.98 Å². The summed E-state index contributed by atoms with van der Waals surface area (Å²) in [5.41, 5.74) is 0.843. The maximum atomic E-state index is 10.0. The van der Waals surface area contributed by atoms with Crippen molar-refractivity contribution >= 4 is 11.8 Å². The fraction of sp³-hybridized carbons (Fsp3) is 0.267. The minimum absolute atomic E-state index is 0.349. The Morgan fingerprint density at radius 2 is 1.68 bits per heavy atom. The normalized spacial score (nSPS) is 14.0. The Bertz CT molecular complexity index is 478. The van der Waals surface area contributed by atoms with Gasteiger partial charge in [-0.05, 0) is 17.7 Å². The van der Waals surface area contributed by atoms with Crippen molar-refractivity contribution in [2.24, 2.45) is 0 Å². The SMILES string of the molecule is OC(CSc1ccncc1)CC(O)c1ccccc1. The van der Waals surface area contributed by atoms with Crippen LogP contribution in [-0.2, 0) is 0 Å². The van der Waals surface area contributed by atoms with Crippen LogP contribution in [0.1, 0.15) is 18.1 Å². The molecule has 0 bridgehead atoms. The number of hydrogen-bond donors (Lipinski definition) is 2. The number of pyridine rings is 1. The summed E-state index contributed by atoms with van der Waals surface area (Å²) in [5, 5.41) is 20.0. The van der Waals surface area contributed by atoms with E-state index in [1.807, 2.05) is 42.5 Å². The van der Waals surface area contributed by atoms with E-state index >= 15 is 0 Å². The van der Waals surface area contributed by atoms with Gasteiger partial charge >= 0.3 is 0 Å². The summed E-state index contributed by atoms with van der Waals surface area (Å²) in [6, 6.07) is 13.2. The molecule has 3 nitrogen and oxygen atoms in total. The standard InChI is InChI=1S/C15H17NO2S/c17-13(11-19-14-6-8-16-9-7-14)10-15(18)12-4-2-1-3-5-12/h1-9,13,15,17-18H,10-11H2. The van der Waals surface area contributed by atoms with Gasteiger partial charge in [-0.1, -0.05) is 30.3 Å². The van der Waals surface area contributed by atoms with E-state index in [1.165, 1.54) is 0 Å². The summed E-state index contributed by atoms with van der Waals surface area (Å²) >= 11 is 1.56. The third kappa shape index (κ3) is 4.67. The van der Waals surface area contributed by atoms with Crippen LogP contribution < -0.4 is 0 Å². The largest absolute Gasteiger partial charge is 0.392 e. The first-order valence-corrected chi connectivity index (χ1v) is 7.18. The number of hydrogen-bond acceptors (Lipinski definition) is 4. The Morgan fingerprint density at radius 3 is 2.37 bits per heavy atom. The summed E-state index contributed by atoms with van der Waals surface area (Å²) in [5.74, 6) is 0.563. The van der Waals surface area contributed by atoms with Gasteiger partial charge in [-0.2, -0.15) is 0 Å². The van der Waals surface area contributed by atoms with E-state index in [0.29, 0.717) is 12.2 Å². The highest BCUT2D eigenvalue weighted by atomic mass is 32.2. The Balaban J connectivity index is 1.80. The number of thioether (sulfide) groups is 1. The van der Waals surface area contributed by atoms with Gasteiger partial charge in [-0.15, -0.1) is 11.8 Å². The third-order valence-corrected chi connectivity index (χ3v) is 3.93. The molecule has 0 aliphatic rings. The maximum Gasteiger partial charge on any atom is 0.0815 e. The fourth-order valence-electron chi connectivity index (χ4n) is 1.76. The first-order chi connectivity index (χ1) is 9.25. The molecule has 19 heavy (non-hydrogen) atoms. The summed E-state index contributed by atoms with van der Waals surface area (Å²) in [6.07, 6.45) is 2.66. The van der Waals surface area contributed by atoms with Gasteiger partial charge in [-0.3, -0.25) is 4.98 Å². The van der Waals surface area contributed by atoms with E-state index in [2.05, 4.69) is 4.98 Å². The molecule has 2 rings (SSSR count). The Morgan fingerprint density at radius 1 is 1.00 bits per heavy atom. The fourth-order valence-corrected chi connectivity index (χ4v) is 2.60. The molecule has 1 heterocycles. The third-order valence-electron chi connectivity index (χ3n) is 2.77. The Hall–Kier alpha value is -1.36. The molecule has 0 radical (unpaired) electrons. The lowest BCUT2D eigenvalue weighted by Gasteiger charge is -2.15. The average molecular weight is 275 g/mol. The quantitative estimate of drug-likeness (QED) is 0.796. The number of benzene rings is 1. The second-order valence-electron chi connectivity index (χ2n) is 4.31. The molecule has 100 valence electrons. The van der Waals surface area contributed by atoms with Gasteiger partial charge in [0.15, 0.2) is 0 Å². The highest BCUT2D eigenvalue weighted by Crippen LogP contribution is 2.22. The lowest BCUT2D eigenvalue weighted by Crippen LogP contribution is -2.14. The average Bonchev–Trinajstić information content (AvgIpc) is 2.47. The molecule has 2 unspecified atom stereocenters. The Kier molecular flexibility index (Phi) is 5.39. The van der Waals surface area contributed by atoms with E-state index in [9.17, 15) is 10.2 Å². The van der Waals surface area contributed by atoms with Crippen LogP contribution >= 0.6 is 11.8 Å². The molecule has 0 fully saturated rings. The van der Waals surface area contributed by atoms with Crippen LogP contribution in [0, 0.1) is 0 Å². The smallest absolute Gasteiger partial charge is 0.0815 e. The Labute approximate surface area is 117 Å². The molecule has 2 atom stereocenters. The van der Waals surface area contributed by atoms with E-state index in [4.69, 9.17) is 0 Å². The summed E-state index contributed by atoms with van der Waals surface area (Å²) in [6.45, 7) is 0. The van der Waals surface area contributed by atoms with Crippen LogP contribution in [0.4, 0.5) is 0 Å². The van der Waals surface area contributed by atoms with Crippen molar-refractivity contribution in [2.45, 2.75) is 23.5 Å². The molecule has 0 saturated carbocycles. The zero-order valence-corrected chi connectivity index (χ0v) is 11.3. The zero-order valence-electron chi connectivity index (χ0n) is 10.5. The maximum absolute atomic E-state index is 10.0. The van der Waals surface area contributed by atoms with Crippen molar-refractivity contribution in [3.63, 3.8) is 0 Å². The van der Waals surface area contributed by atoms with Crippen LogP contribution in [0.25, 0.3) is 0 Å². The minimum atomic E-state index is -0.616. The number of aliphatic hydroxyl groups excluding tert-OH is 2. The van der Waals surface area contributed by atoms with Gasteiger partial charge in [0.05, 0.1) is 12.2 Å². The summed E-state index contributed by atoms with van der Waals surface area (Å²) in [4.78, 5) is 5.02. The van der Waals surface area contributed by atoms with Crippen LogP contribution in [0.2, 0.25) is 0 Å². The van der Waals surface area contributed by atoms with E-state index in [0.717, 1.165) is 10.5 Å². The van der Waals surface area contributed by atoms with Crippen LogP contribution in [0.3, 0.4) is 0 Å². The van der Waals surface area contributed by atoms with Gasteiger partial charge < -0.3 is 10.2 Å². The molecule has 0 aliphatic carbocycles. The molecular formula is C15H17NO2S. The topological polar surface area (TPSA) is 53.4 Å². The van der Waals surface area contributed by atoms with Gasteiger partial charge in [0.2, 0.25) is 0 Å².